The Balaban J connectivity index is 1.46. The Kier molecular flexibility index (Phi) is 4.71. The molecule has 0 N–H and O–H groups in total. The quantitative estimate of drug-likeness (QED) is 0.486. The summed E-state index contributed by atoms with van der Waals surface area (Å²) in [7, 11) is 0. The molecule has 6 heteroatoms. The van der Waals surface area contributed by atoms with Gasteiger partial charge in [0.2, 0.25) is 5.91 Å². The number of hydrogen-bond donors (Lipinski definition) is 0. The molecule has 0 saturated carbocycles. The molecule has 4 aliphatic rings. The minimum Gasteiger partial charge on any atom is -0.491 e. The normalized spacial score (nSPS) is 22.2. The van der Waals surface area contributed by atoms with Gasteiger partial charge in [-0.2, -0.15) is 0 Å². The average Bonchev–Trinajstić information content (AvgIpc) is 3.41. The summed E-state index contributed by atoms with van der Waals surface area (Å²) in [5.74, 6) is 1.11. The van der Waals surface area contributed by atoms with Gasteiger partial charge in [-0.3, -0.25) is 9.69 Å². The second kappa shape index (κ2) is 7.98. The van der Waals surface area contributed by atoms with E-state index in [-0.39, 0.29) is 12.5 Å². The van der Waals surface area contributed by atoms with Crippen LogP contribution < -0.4 is 19.1 Å². The molecule has 2 atom stereocenters. The first-order valence-corrected chi connectivity index (χ1v) is 12.3. The van der Waals surface area contributed by atoms with Gasteiger partial charge in [-0.25, -0.2) is 4.39 Å². The second-order valence-electron chi connectivity index (χ2n) is 9.49. The van der Waals surface area contributed by atoms with Crippen LogP contribution in [0.5, 0.6) is 17.2 Å². The van der Waals surface area contributed by atoms with E-state index in [4.69, 9.17) is 14.2 Å². The molecule has 1 aliphatic carbocycles. The van der Waals surface area contributed by atoms with E-state index < -0.39 is 17.3 Å². The van der Waals surface area contributed by atoms with E-state index >= 15 is 4.39 Å². The third-order valence-corrected chi connectivity index (χ3v) is 7.53. The van der Waals surface area contributed by atoms with Crippen LogP contribution in [0.25, 0.3) is 0 Å². The molecule has 0 radical (unpaired) electrons. The summed E-state index contributed by atoms with van der Waals surface area (Å²) in [6.45, 7) is 0.980. The molecule has 0 aromatic heterocycles. The number of para-hydroxylation sites is 1. The van der Waals surface area contributed by atoms with Crippen LogP contribution in [0.3, 0.4) is 0 Å². The smallest absolute Gasteiger partial charge is 0.246 e. The van der Waals surface area contributed by atoms with Crippen molar-refractivity contribution in [2.24, 2.45) is 0 Å². The average molecular weight is 482 g/mol. The number of nitrogens with zero attached hydrogens (tertiary/aromatic N) is 1. The number of amides is 1. The highest BCUT2D eigenvalue weighted by atomic mass is 19.1. The largest absolute Gasteiger partial charge is 0.491 e. The lowest BCUT2D eigenvalue weighted by Crippen LogP contribution is -2.44. The van der Waals surface area contributed by atoms with E-state index in [1.165, 1.54) is 6.07 Å². The molecular weight excluding hydrogens is 457 g/mol. The zero-order chi connectivity index (χ0) is 24.3. The highest BCUT2D eigenvalue weighted by Crippen LogP contribution is 2.57. The molecule has 3 aromatic carbocycles. The maximum Gasteiger partial charge on any atom is 0.246 e. The summed E-state index contributed by atoms with van der Waals surface area (Å²) in [6, 6.07) is 17.9. The number of carbonyl (C=O) groups is 1. The Morgan fingerprint density at radius 1 is 0.861 bits per heavy atom. The van der Waals surface area contributed by atoms with Crippen LogP contribution in [0.1, 0.15) is 35.6 Å². The van der Waals surface area contributed by atoms with Crippen molar-refractivity contribution in [3.63, 3.8) is 0 Å². The topological polar surface area (TPSA) is 48.0 Å². The van der Waals surface area contributed by atoms with Crippen LogP contribution in [0, 0.1) is 5.82 Å². The van der Waals surface area contributed by atoms with Gasteiger partial charge in [0.15, 0.2) is 11.5 Å². The fourth-order valence-corrected chi connectivity index (χ4v) is 5.92. The number of allylic oxidation sites excluding steroid dienone is 2. The molecule has 36 heavy (non-hydrogen) atoms. The number of hydrogen-bond acceptors (Lipinski definition) is 4. The fraction of sp³-hybridized carbons (Fsp3) is 0.233. The lowest BCUT2D eigenvalue weighted by Gasteiger charge is -2.32. The van der Waals surface area contributed by atoms with Crippen LogP contribution in [-0.2, 0) is 10.2 Å². The van der Waals surface area contributed by atoms with Crippen LogP contribution in [0.15, 0.2) is 84.5 Å². The minimum atomic E-state index is -1.17. The number of ether oxygens (including phenoxy) is 3. The SMILES string of the molecule is O=C1N(C(C2=CCCC=C2)c2ccccc2)c2c(F)cccc2C12COc1cc3c(cc12)OCCO3. The zero-order valence-electron chi connectivity index (χ0n) is 19.6. The van der Waals surface area contributed by atoms with Crippen LogP contribution >= 0.6 is 0 Å². The Bertz CT molecular complexity index is 1450. The molecule has 5 nitrogen and oxygen atoms in total. The summed E-state index contributed by atoms with van der Waals surface area (Å²) < 4.78 is 33.4. The monoisotopic (exact) mass is 481 g/mol. The van der Waals surface area contributed by atoms with Gasteiger partial charge in [0.25, 0.3) is 0 Å². The predicted octanol–water partition coefficient (Wildman–Crippen LogP) is 5.64. The number of rotatable bonds is 3. The summed E-state index contributed by atoms with van der Waals surface area (Å²) in [6.07, 6.45) is 8.14. The van der Waals surface area contributed by atoms with E-state index in [1.54, 1.807) is 17.0 Å². The molecule has 180 valence electrons. The molecule has 3 heterocycles. The summed E-state index contributed by atoms with van der Waals surface area (Å²) in [5.41, 5.74) is 2.34. The van der Waals surface area contributed by atoms with Crippen LogP contribution in [0.2, 0.25) is 0 Å². The van der Waals surface area contributed by atoms with Gasteiger partial charge >= 0.3 is 0 Å². The maximum atomic E-state index is 15.7. The standard InChI is InChI=1S/C30H24FNO4/c31-23-13-7-12-21-28(23)32(27(19-8-3-1-4-9-19)20-10-5-2-6-11-20)29(33)30(21)18-36-24-17-26-25(16-22(24)30)34-14-15-35-26/h1,3-5,7-13,16-17,27H,2,6,14-15,18H2. The molecule has 3 aliphatic heterocycles. The van der Waals surface area contributed by atoms with E-state index in [0.29, 0.717) is 47.3 Å². The van der Waals surface area contributed by atoms with Gasteiger partial charge in [-0.15, -0.1) is 0 Å². The van der Waals surface area contributed by atoms with Crippen molar-refractivity contribution >= 4 is 11.6 Å². The molecule has 0 bridgehead atoms. The highest BCUT2D eigenvalue weighted by Gasteiger charge is 2.59. The van der Waals surface area contributed by atoms with Gasteiger partial charge in [-0.1, -0.05) is 60.7 Å². The summed E-state index contributed by atoms with van der Waals surface area (Å²) in [4.78, 5) is 16.3. The van der Waals surface area contributed by atoms with Crippen molar-refractivity contribution in [1.29, 1.82) is 0 Å². The molecule has 0 fully saturated rings. The maximum absolute atomic E-state index is 15.7. The van der Waals surface area contributed by atoms with Gasteiger partial charge in [0.1, 0.15) is 36.8 Å². The number of fused-ring (bicyclic) bond motifs is 5. The lowest BCUT2D eigenvalue weighted by atomic mass is 9.77. The Labute approximate surface area is 208 Å². The zero-order valence-corrected chi connectivity index (χ0v) is 19.6. The number of anilines is 1. The fourth-order valence-electron chi connectivity index (χ4n) is 5.92. The van der Waals surface area contributed by atoms with E-state index in [1.807, 2.05) is 42.5 Å². The van der Waals surface area contributed by atoms with Crippen molar-refractivity contribution in [2.75, 3.05) is 24.7 Å². The van der Waals surface area contributed by atoms with Crippen molar-refractivity contribution in [2.45, 2.75) is 24.3 Å². The van der Waals surface area contributed by atoms with Gasteiger partial charge < -0.3 is 14.2 Å². The lowest BCUT2D eigenvalue weighted by molar-refractivity contribution is -0.122. The van der Waals surface area contributed by atoms with Gasteiger partial charge in [0, 0.05) is 17.2 Å². The third kappa shape index (κ3) is 2.90. The highest BCUT2D eigenvalue weighted by molar-refractivity contribution is 6.12. The van der Waals surface area contributed by atoms with Crippen LogP contribution in [0.4, 0.5) is 10.1 Å². The van der Waals surface area contributed by atoms with Crippen molar-refractivity contribution in [3.05, 3.63) is 107 Å². The van der Waals surface area contributed by atoms with E-state index in [0.717, 1.165) is 24.0 Å². The van der Waals surface area contributed by atoms with Crippen LogP contribution in [-0.4, -0.2) is 25.7 Å². The number of halogens is 1. The van der Waals surface area contributed by atoms with E-state index in [9.17, 15) is 4.79 Å². The van der Waals surface area contributed by atoms with Crippen molar-refractivity contribution in [1.82, 2.24) is 0 Å². The van der Waals surface area contributed by atoms with Crippen molar-refractivity contribution in [3.8, 4) is 17.2 Å². The first kappa shape index (κ1) is 21.2. The molecule has 2 unspecified atom stereocenters. The molecule has 0 saturated heterocycles. The third-order valence-electron chi connectivity index (χ3n) is 7.53. The van der Waals surface area contributed by atoms with Gasteiger partial charge in [0.05, 0.1) is 11.7 Å². The Morgan fingerprint density at radius 2 is 1.67 bits per heavy atom. The second-order valence-corrected chi connectivity index (χ2v) is 9.49. The molecule has 1 amide bonds. The van der Waals surface area contributed by atoms with E-state index in [2.05, 4.69) is 18.2 Å². The molecule has 7 rings (SSSR count). The summed E-state index contributed by atoms with van der Waals surface area (Å²) in [5, 5.41) is 0. The molecule has 1 spiro atoms. The molecule has 3 aromatic rings. The molecular formula is C30H24FNO4. The first-order chi connectivity index (χ1) is 17.7. The Hall–Kier alpha value is -4.06. The first-order valence-electron chi connectivity index (χ1n) is 12.3. The predicted molar refractivity (Wildman–Crippen MR) is 133 cm³/mol. The van der Waals surface area contributed by atoms with Gasteiger partial charge in [-0.05, 0) is 36.1 Å². The minimum absolute atomic E-state index is 0.0907. The number of carbonyl (C=O) groups excluding carboxylic acids is 1. The van der Waals surface area contributed by atoms with Crippen molar-refractivity contribution < 1.29 is 23.4 Å². The summed E-state index contributed by atoms with van der Waals surface area (Å²) >= 11 is 0. The Morgan fingerprint density at radius 3 is 2.44 bits per heavy atom. The number of benzene rings is 3.